The number of rotatable bonds is 5. The zero-order valence-corrected chi connectivity index (χ0v) is 14.8. The molecule has 0 saturated carbocycles. The fourth-order valence-corrected chi connectivity index (χ4v) is 2.65. The van der Waals surface area contributed by atoms with Gasteiger partial charge in [0, 0.05) is 28.3 Å². The Morgan fingerprint density at radius 3 is 2.33 bits per heavy atom. The largest absolute Gasteiger partial charge is 0.356 e. The molecule has 7 heteroatoms. The topological polar surface area (TPSA) is 81.2 Å². The van der Waals surface area contributed by atoms with Gasteiger partial charge in [-0.2, -0.15) is 0 Å². The van der Waals surface area contributed by atoms with E-state index in [-0.39, 0.29) is 18.1 Å². The molecule has 0 saturated heterocycles. The predicted molar refractivity (Wildman–Crippen MR) is 100 cm³/mol. The summed E-state index contributed by atoms with van der Waals surface area (Å²) in [5.41, 5.74) is 2.51. The highest BCUT2D eigenvalue weighted by atomic mass is 35.5. The number of amides is 1. The molecule has 0 aliphatic rings. The summed E-state index contributed by atoms with van der Waals surface area (Å²) in [6.45, 7) is 0.212. The maximum Gasteiger partial charge on any atom is 0.273 e. The highest BCUT2D eigenvalue weighted by Gasteiger charge is 2.14. The van der Waals surface area contributed by atoms with E-state index in [9.17, 15) is 4.79 Å². The van der Waals surface area contributed by atoms with Gasteiger partial charge in [0.2, 0.25) is 0 Å². The number of carbonyl (C=O) groups is 1. The Labute approximate surface area is 159 Å². The van der Waals surface area contributed by atoms with Gasteiger partial charge in [0.25, 0.3) is 5.91 Å². The summed E-state index contributed by atoms with van der Waals surface area (Å²) in [5.74, 6) is 0.785. The minimum Gasteiger partial charge on any atom is -0.356 e. The van der Waals surface area contributed by atoms with Crippen molar-refractivity contribution < 1.29 is 13.8 Å². The van der Waals surface area contributed by atoms with Crippen LogP contribution in [0.1, 0.15) is 16.2 Å². The van der Waals surface area contributed by atoms with Crippen LogP contribution in [0.5, 0.6) is 0 Å². The van der Waals surface area contributed by atoms with E-state index in [0.717, 1.165) is 11.1 Å². The lowest BCUT2D eigenvalue weighted by atomic mass is 10.1. The Bertz CT molecular complexity index is 1060. The molecule has 0 atom stereocenters. The molecule has 27 heavy (non-hydrogen) atoms. The van der Waals surface area contributed by atoms with Gasteiger partial charge in [-0.15, -0.1) is 0 Å². The summed E-state index contributed by atoms with van der Waals surface area (Å²) in [4.78, 5) is 12.3. The van der Waals surface area contributed by atoms with Crippen LogP contribution in [-0.4, -0.2) is 16.2 Å². The Hall–Kier alpha value is -3.38. The van der Waals surface area contributed by atoms with Crippen LogP contribution in [0.2, 0.25) is 5.02 Å². The zero-order chi connectivity index (χ0) is 18.6. The van der Waals surface area contributed by atoms with Gasteiger partial charge in [-0.05, 0) is 24.3 Å². The Kier molecular flexibility index (Phi) is 4.72. The van der Waals surface area contributed by atoms with Gasteiger partial charge < -0.3 is 14.4 Å². The number of nitrogens with one attached hydrogen (secondary N) is 1. The maximum absolute atomic E-state index is 12.3. The first-order valence-corrected chi connectivity index (χ1v) is 8.59. The van der Waals surface area contributed by atoms with E-state index < -0.39 is 0 Å². The summed E-state index contributed by atoms with van der Waals surface area (Å²) in [6, 6.07) is 20.0. The lowest BCUT2D eigenvalue weighted by Gasteiger charge is -1.98. The molecule has 0 fully saturated rings. The number of benzene rings is 2. The van der Waals surface area contributed by atoms with Gasteiger partial charge in [-0.25, -0.2) is 0 Å². The number of aromatic nitrogens is 2. The molecule has 0 unspecified atom stereocenters. The third-order valence-corrected chi connectivity index (χ3v) is 4.17. The van der Waals surface area contributed by atoms with Crippen molar-refractivity contribution in [1.29, 1.82) is 0 Å². The summed E-state index contributed by atoms with van der Waals surface area (Å²) < 4.78 is 10.6. The second-order valence-corrected chi connectivity index (χ2v) is 6.25. The third-order valence-electron chi connectivity index (χ3n) is 3.92. The van der Waals surface area contributed by atoms with Crippen LogP contribution in [0.15, 0.2) is 75.8 Å². The molecule has 0 aliphatic carbocycles. The Balaban J connectivity index is 1.40. The van der Waals surface area contributed by atoms with Crippen molar-refractivity contribution in [2.24, 2.45) is 0 Å². The van der Waals surface area contributed by atoms with Crippen molar-refractivity contribution >= 4 is 17.5 Å². The van der Waals surface area contributed by atoms with E-state index in [4.69, 9.17) is 20.6 Å². The number of nitrogens with zero attached hydrogens (tertiary/aromatic N) is 2. The van der Waals surface area contributed by atoms with E-state index in [2.05, 4.69) is 15.6 Å². The van der Waals surface area contributed by atoms with Gasteiger partial charge in [-0.1, -0.05) is 52.2 Å². The fraction of sp³-hybridized carbons (Fsp3) is 0.0500. The van der Waals surface area contributed by atoms with Crippen molar-refractivity contribution in [3.05, 3.63) is 83.1 Å². The van der Waals surface area contributed by atoms with Crippen LogP contribution in [0.4, 0.5) is 0 Å². The van der Waals surface area contributed by atoms with Gasteiger partial charge in [-0.3, -0.25) is 4.79 Å². The summed E-state index contributed by atoms with van der Waals surface area (Å²) in [6.07, 6.45) is 0. The summed E-state index contributed by atoms with van der Waals surface area (Å²) in [7, 11) is 0. The highest BCUT2D eigenvalue weighted by molar-refractivity contribution is 6.30. The zero-order valence-electron chi connectivity index (χ0n) is 14.1. The van der Waals surface area contributed by atoms with Crippen LogP contribution in [-0.2, 0) is 6.54 Å². The van der Waals surface area contributed by atoms with Crippen LogP contribution in [0, 0.1) is 0 Å². The van der Waals surface area contributed by atoms with Crippen molar-refractivity contribution in [3.63, 3.8) is 0 Å². The standard InChI is InChI=1S/C20H14ClN3O3/c21-15-8-6-14(7-9-15)18-10-16(23-26-18)12-22-20(25)17-11-19(27-24-17)13-4-2-1-3-5-13/h1-11H,12H2,(H,22,25). The first-order valence-electron chi connectivity index (χ1n) is 8.21. The van der Waals surface area contributed by atoms with Gasteiger partial charge in [0.1, 0.15) is 5.69 Å². The van der Waals surface area contributed by atoms with E-state index in [1.165, 1.54) is 0 Å². The molecule has 134 valence electrons. The third kappa shape index (κ3) is 3.91. The molecule has 2 heterocycles. The average molecular weight is 380 g/mol. The van der Waals surface area contributed by atoms with Crippen LogP contribution in [0.3, 0.4) is 0 Å². The van der Waals surface area contributed by atoms with Gasteiger partial charge in [0.05, 0.1) is 6.54 Å². The van der Waals surface area contributed by atoms with Crippen LogP contribution in [0.25, 0.3) is 22.6 Å². The van der Waals surface area contributed by atoms with Crippen LogP contribution < -0.4 is 5.32 Å². The van der Waals surface area contributed by atoms with E-state index in [1.54, 1.807) is 24.3 Å². The summed E-state index contributed by atoms with van der Waals surface area (Å²) in [5, 5.41) is 11.2. The normalized spacial score (nSPS) is 10.7. The Morgan fingerprint density at radius 1 is 0.889 bits per heavy atom. The van der Waals surface area contributed by atoms with E-state index in [1.807, 2.05) is 42.5 Å². The first-order chi connectivity index (χ1) is 13.2. The van der Waals surface area contributed by atoms with E-state index in [0.29, 0.717) is 22.2 Å². The highest BCUT2D eigenvalue weighted by Crippen LogP contribution is 2.22. The molecule has 2 aromatic carbocycles. The molecule has 4 rings (SSSR count). The minimum absolute atomic E-state index is 0.204. The van der Waals surface area contributed by atoms with Crippen molar-refractivity contribution in [3.8, 4) is 22.6 Å². The molecule has 0 radical (unpaired) electrons. The van der Waals surface area contributed by atoms with Crippen molar-refractivity contribution in [2.45, 2.75) is 6.54 Å². The molecule has 0 aliphatic heterocycles. The monoisotopic (exact) mass is 379 g/mol. The maximum atomic E-state index is 12.3. The minimum atomic E-state index is -0.350. The number of carbonyl (C=O) groups excluding carboxylic acids is 1. The SMILES string of the molecule is O=C(NCc1cc(-c2ccc(Cl)cc2)on1)c1cc(-c2ccccc2)on1. The summed E-state index contributed by atoms with van der Waals surface area (Å²) >= 11 is 5.88. The van der Waals surface area contributed by atoms with Crippen molar-refractivity contribution in [1.82, 2.24) is 15.6 Å². The average Bonchev–Trinajstić information content (AvgIpc) is 3.37. The quantitative estimate of drug-likeness (QED) is 0.549. The predicted octanol–water partition coefficient (Wildman–Crippen LogP) is 4.58. The number of halogens is 1. The molecule has 4 aromatic rings. The Morgan fingerprint density at radius 2 is 1.56 bits per heavy atom. The number of hydrogen-bond donors (Lipinski definition) is 1. The molecule has 0 spiro atoms. The number of hydrogen-bond acceptors (Lipinski definition) is 5. The van der Waals surface area contributed by atoms with Crippen LogP contribution >= 0.6 is 11.6 Å². The second-order valence-electron chi connectivity index (χ2n) is 5.81. The molecular weight excluding hydrogens is 366 g/mol. The molecule has 0 bridgehead atoms. The molecule has 1 amide bonds. The fourth-order valence-electron chi connectivity index (χ4n) is 2.53. The van der Waals surface area contributed by atoms with E-state index >= 15 is 0 Å². The smallest absolute Gasteiger partial charge is 0.273 e. The molecule has 6 nitrogen and oxygen atoms in total. The van der Waals surface area contributed by atoms with Gasteiger partial charge in [0.15, 0.2) is 17.2 Å². The second kappa shape index (κ2) is 7.47. The lowest BCUT2D eigenvalue weighted by molar-refractivity contribution is 0.0941. The van der Waals surface area contributed by atoms with Gasteiger partial charge >= 0.3 is 0 Å². The van der Waals surface area contributed by atoms with Crippen molar-refractivity contribution in [2.75, 3.05) is 0 Å². The molecule has 2 aromatic heterocycles. The molecule has 1 N–H and O–H groups in total. The first kappa shape index (κ1) is 17.1. The molecular formula is C20H14ClN3O3. The lowest BCUT2D eigenvalue weighted by Crippen LogP contribution is -2.23.